The van der Waals surface area contributed by atoms with E-state index in [1.54, 1.807) is 6.26 Å². The van der Waals surface area contributed by atoms with E-state index in [-0.39, 0.29) is 6.04 Å². The van der Waals surface area contributed by atoms with Gasteiger partial charge in [-0.1, -0.05) is 37.6 Å². The Morgan fingerprint density at radius 3 is 2.44 bits per heavy atom. The summed E-state index contributed by atoms with van der Waals surface area (Å²) in [5.41, 5.74) is 6.45. The third-order valence-corrected chi connectivity index (χ3v) is 3.23. The van der Waals surface area contributed by atoms with Gasteiger partial charge in [0.2, 0.25) is 0 Å². The SMILES string of the molecule is CCCc1ccc(C(NN)c2ccoc2C)cc1. The summed E-state index contributed by atoms with van der Waals surface area (Å²) in [7, 11) is 0. The van der Waals surface area contributed by atoms with Crippen LogP contribution >= 0.6 is 0 Å². The fourth-order valence-electron chi connectivity index (χ4n) is 2.23. The molecular weight excluding hydrogens is 224 g/mol. The molecule has 0 spiro atoms. The largest absolute Gasteiger partial charge is 0.469 e. The summed E-state index contributed by atoms with van der Waals surface area (Å²) in [5.74, 6) is 6.57. The van der Waals surface area contributed by atoms with E-state index in [4.69, 9.17) is 10.3 Å². The van der Waals surface area contributed by atoms with Crippen molar-refractivity contribution in [3.8, 4) is 0 Å². The lowest BCUT2D eigenvalue weighted by Gasteiger charge is -2.16. The number of hydrogen-bond donors (Lipinski definition) is 2. The highest BCUT2D eigenvalue weighted by atomic mass is 16.3. The van der Waals surface area contributed by atoms with Crippen molar-refractivity contribution in [2.45, 2.75) is 32.7 Å². The van der Waals surface area contributed by atoms with E-state index in [9.17, 15) is 0 Å². The highest BCUT2D eigenvalue weighted by Crippen LogP contribution is 2.25. The monoisotopic (exact) mass is 244 g/mol. The summed E-state index contributed by atoms with van der Waals surface area (Å²) in [6.45, 7) is 4.14. The molecule has 0 radical (unpaired) electrons. The average Bonchev–Trinajstić information content (AvgIpc) is 2.79. The van der Waals surface area contributed by atoms with Gasteiger partial charge in [0.05, 0.1) is 12.3 Å². The molecule has 0 fully saturated rings. The van der Waals surface area contributed by atoms with Crippen molar-refractivity contribution in [3.05, 3.63) is 59.0 Å². The van der Waals surface area contributed by atoms with Crippen molar-refractivity contribution in [2.24, 2.45) is 5.84 Å². The molecule has 3 nitrogen and oxygen atoms in total. The molecule has 0 saturated heterocycles. The molecule has 96 valence electrons. The molecule has 1 aromatic carbocycles. The summed E-state index contributed by atoms with van der Waals surface area (Å²) < 4.78 is 5.34. The normalized spacial score (nSPS) is 12.6. The molecule has 2 rings (SSSR count). The minimum atomic E-state index is -0.0144. The van der Waals surface area contributed by atoms with E-state index in [1.165, 1.54) is 12.0 Å². The lowest BCUT2D eigenvalue weighted by molar-refractivity contribution is 0.520. The van der Waals surface area contributed by atoms with Crippen LogP contribution in [0.4, 0.5) is 0 Å². The Labute approximate surface area is 108 Å². The molecule has 0 amide bonds. The van der Waals surface area contributed by atoms with Crippen molar-refractivity contribution in [3.63, 3.8) is 0 Å². The molecule has 1 unspecified atom stereocenters. The summed E-state index contributed by atoms with van der Waals surface area (Å²) in [4.78, 5) is 0. The first kappa shape index (κ1) is 12.9. The molecule has 3 heteroatoms. The third-order valence-electron chi connectivity index (χ3n) is 3.23. The Kier molecular flexibility index (Phi) is 4.18. The number of hydrazine groups is 1. The molecule has 0 saturated carbocycles. The zero-order chi connectivity index (χ0) is 13.0. The molecule has 0 aliphatic carbocycles. The van der Waals surface area contributed by atoms with Crippen LogP contribution < -0.4 is 11.3 Å². The zero-order valence-electron chi connectivity index (χ0n) is 10.9. The van der Waals surface area contributed by atoms with Gasteiger partial charge in [-0.3, -0.25) is 5.84 Å². The van der Waals surface area contributed by atoms with Crippen LogP contribution in [0.1, 0.15) is 41.8 Å². The fraction of sp³-hybridized carbons (Fsp3) is 0.333. The number of furan rings is 1. The second-order valence-electron chi connectivity index (χ2n) is 4.52. The van der Waals surface area contributed by atoms with Gasteiger partial charge in [0.25, 0.3) is 0 Å². The lowest BCUT2D eigenvalue weighted by Crippen LogP contribution is -2.29. The maximum Gasteiger partial charge on any atom is 0.105 e. The molecule has 2 aromatic rings. The number of aryl methyl sites for hydroxylation is 2. The minimum Gasteiger partial charge on any atom is -0.469 e. The quantitative estimate of drug-likeness (QED) is 0.627. The predicted octanol–water partition coefficient (Wildman–Crippen LogP) is 3.09. The first-order chi connectivity index (χ1) is 8.76. The second-order valence-corrected chi connectivity index (χ2v) is 4.52. The van der Waals surface area contributed by atoms with Gasteiger partial charge in [0.1, 0.15) is 5.76 Å². The number of nitrogens with two attached hydrogens (primary N) is 1. The first-order valence-electron chi connectivity index (χ1n) is 6.35. The van der Waals surface area contributed by atoms with E-state index in [0.717, 1.165) is 23.3 Å². The number of rotatable bonds is 5. The van der Waals surface area contributed by atoms with E-state index >= 15 is 0 Å². The highest BCUT2D eigenvalue weighted by Gasteiger charge is 2.16. The van der Waals surface area contributed by atoms with Crippen LogP contribution in [0.3, 0.4) is 0 Å². The molecule has 3 N–H and O–H groups in total. The minimum absolute atomic E-state index is 0.0144. The summed E-state index contributed by atoms with van der Waals surface area (Å²) >= 11 is 0. The van der Waals surface area contributed by atoms with Gasteiger partial charge in [0, 0.05) is 5.56 Å². The van der Waals surface area contributed by atoms with Crippen LogP contribution in [-0.2, 0) is 6.42 Å². The van der Waals surface area contributed by atoms with Gasteiger partial charge in [-0.15, -0.1) is 0 Å². The van der Waals surface area contributed by atoms with Crippen molar-refractivity contribution in [1.82, 2.24) is 5.43 Å². The van der Waals surface area contributed by atoms with Gasteiger partial charge in [-0.25, -0.2) is 5.43 Å². The second kappa shape index (κ2) is 5.85. The summed E-state index contributed by atoms with van der Waals surface area (Å²) in [6, 6.07) is 10.5. The van der Waals surface area contributed by atoms with Crippen LogP contribution in [0.25, 0.3) is 0 Å². The number of benzene rings is 1. The van der Waals surface area contributed by atoms with Crippen LogP contribution in [-0.4, -0.2) is 0 Å². The Morgan fingerprint density at radius 2 is 1.94 bits per heavy atom. The first-order valence-corrected chi connectivity index (χ1v) is 6.35. The highest BCUT2D eigenvalue weighted by molar-refractivity contribution is 5.34. The van der Waals surface area contributed by atoms with Crippen LogP contribution in [0.15, 0.2) is 41.0 Å². The van der Waals surface area contributed by atoms with Gasteiger partial charge >= 0.3 is 0 Å². The summed E-state index contributed by atoms with van der Waals surface area (Å²) in [6.07, 6.45) is 3.98. The van der Waals surface area contributed by atoms with Gasteiger partial charge in [-0.2, -0.15) is 0 Å². The fourth-order valence-corrected chi connectivity index (χ4v) is 2.23. The van der Waals surface area contributed by atoms with Crippen molar-refractivity contribution in [1.29, 1.82) is 0 Å². The molecule has 1 atom stereocenters. The summed E-state index contributed by atoms with van der Waals surface area (Å²) in [5, 5.41) is 0. The standard InChI is InChI=1S/C15H20N2O/c1-3-4-12-5-7-13(8-6-12)15(17-16)14-9-10-18-11(14)2/h5-10,15,17H,3-4,16H2,1-2H3. The van der Waals surface area contributed by atoms with Crippen LogP contribution in [0.2, 0.25) is 0 Å². The van der Waals surface area contributed by atoms with Crippen LogP contribution in [0.5, 0.6) is 0 Å². The van der Waals surface area contributed by atoms with Crippen molar-refractivity contribution >= 4 is 0 Å². The number of nitrogens with one attached hydrogen (secondary N) is 1. The topological polar surface area (TPSA) is 51.2 Å². The van der Waals surface area contributed by atoms with Gasteiger partial charge in [-0.05, 0) is 30.5 Å². The van der Waals surface area contributed by atoms with E-state index < -0.39 is 0 Å². The van der Waals surface area contributed by atoms with E-state index in [1.807, 2.05) is 13.0 Å². The van der Waals surface area contributed by atoms with E-state index in [2.05, 4.69) is 36.6 Å². The average molecular weight is 244 g/mol. The van der Waals surface area contributed by atoms with Crippen molar-refractivity contribution < 1.29 is 4.42 Å². The predicted molar refractivity (Wildman–Crippen MR) is 73.0 cm³/mol. The maximum atomic E-state index is 5.67. The van der Waals surface area contributed by atoms with E-state index in [0.29, 0.717) is 0 Å². The Balaban J connectivity index is 2.25. The Bertz CT molecular complexity index is 487. The molecule has 0 aliphatic rings. The van der Waals surface area contributed by atoms with Gasteiger partial charge in [0.15, 0.2) is 0 Å². The van der Waals surface area contributed by atoms with Crippen molar-refractivity contribution in [2.75, 3.05) is 0 Å². The molecule has 1 heterocycles. The molecular formula is C15H20N2O. The lowest BCUT2D eigenvalue weighted by atomic mass is 9.98. The molecule has 0 aliphatic heterocycles. The molecule has 18 heavy (non-hydrogen) atoms. The third kappa shape index (κ3) is 2.63. The Hall–Kier alpha value is -1.58. The van der Waals surface area contributed by atoms with Gasteiger partial charge < -0.3 is 4.42 Å². The van der Waals surface area contributed by atoms with Crippen LogP contribution in [0, 0.1) is 6.92 Å². The Morgan fingerprint density at radius 1 is 1.22 bits per heavy atom. The zero-order valence-corrected chi connectivity index (χ0v) is 10.9. The smallest absolute Gasteiger partial charge is 0.105 e. The molecule has 0 bridgehead atoms. The molecule has 1 aromatic heterocycles. The maximum absolute atomic E-state index is 5.67. The number of hydrogen-bond acceptors (Lipinski definition) is 3.